The first kappa shape index (κ1) is 14.0. The zero-order chi connectivity index (χ0) is 12.8. The molecule has 0 heterocycles. The molecular formula is C13H23NO3. The summed E-state index contributed by atoms with van der Waals surface area (Å²) < 4.78 is 0. The third-order valence-corrected chi connectivity index (χ3v) is 3.64. The summed E-state index contributed by atoms with van der Waals surface area (Å²) in [6.07, 6.45) is 6.47. The molecule has 0 bridgehead atoms. The highest BCUT2D eigenvalue weighted by molar-refractivity contribution is 5.96. The molecule has 1 aliphatic carbocycles. The van der Waals surface area contributed by atoms with Gasteiger partial charge in [-0.25, -0.2) is 0 Å². The number of hydrogen-bond donors (Lipinski definition) is 1. The van der Waals surface area contributed by atoms with E-state index in [1.54, 1.807) is 18.9 Å². The molecule has 0 radical (unpaired) electrons. The monoisotopic (exact) mass is 241 g/mol. The third-order valence-electron chi connectivity index (χ3n) is 3.64. The Hall–Kier alpha value is -1.06. The molecule has 0 aromatic carbocycles. The van der Waals surface area contributed by atoms with E-state index in [1.165, 1.54) is 32.1 Å². The van der Waals surface area contributed by atoms with Crippen molar-refractivity contribution in [3.05, 3.63) is 0 Å². The van der Waals surface area contributed by atoms with Gasteiger partial charge in [0.2, 0.25) is 5.91 Å². The summed E-state index contributed by atoms with van der Waals surface area (Å²) in [4.78, 5) is 24.5. The summed E-state index contributed by atoms with van der Waals surface area (Å²) in [5.74, 6) is -1.56. The van der Waals surface area contributed by atoms with Gasteiger partial charge in [-0.2, -0.15) is 0 Å². The second kappa shape index (κ2) is 6.62. The molecule has 1 fully saturated rings. The molecule has 1 atom stereocenters. The Morgan fingerprint density at radius 2 is 1.88 bits per heavy atom. The molecule has 4 nitrogen and oxygen atoms in total. The molecule has 0 aromatic rings. The van der Waals surface area contributed by atoms with E-state index in [9.17, 15) is 9.59 Å². The zero-order valence-electron chi connectivity index (χ0n) is 10.8. The van der Waals surface area contributed by atoms with E-state index in [2.05, 4.69) is 0 Å². The minimum atomic E-state index is -1.01. The van der Waals surface area contributed by atoms with Gasteiger partial charge in [0.05, 0.1) is 0 Å². The molecular weight excluding hydrogens is 218 g/mol. The van der Waals surface area contributed by atoms with Crippen LogP contribution in [0.5, 0.6) is 0 Å². The second-order valence-electron chi connectivity index (χ2n) is 5.02. The Morgan fingerprint density at radius 1 is 1.29 bits per heavy atom. The number of carbonyl (C=O) groups excluding carboxylic acids is 1. The molecule has 98 valence electrons. The van der Waals surface area contributed by atoms with Crippen LogP contribution >= 0.6 is 0 Å². The van der Waals surface area contributed by atoms with E-state index in [0.717, 1.165) is 0 Å². The topological polar surface area (TPSA) is 57.6 Å². The predicted molar refractivity (Wildman–Crippen MR) is 65.6 cm³/mol. The Balaban J connectivity index is 2.47. The molecule has 0 saturated heterocycles. The highest BCUT2D eigenvalue weighted by Crippen LogP contribution is 2.24. The number of carboxylic acid groups (broad SMARTS) is 1. The maximum atomic E-state index is 11.9. The van der Waals surface area contributed by atoms with E-state index < -0.39 is 11.9 Å². The van der Waals surface area contributed by atoms with Crippen LogP contribution in [0.25, 0.3) is 0 Å². The summed E-state index contributed by atoms with van der Waals surface area (Å²) in [7, 11) is 1.72. The summed E-state index contributed by atoms with van der Waals surface area (Å²) in [5, 5.41) is 8.95. The number of hydrogen-bond acceptors (Lipinski definition) is 2. The Kier molecular flexibility index (Phi) is 5.45. The molecule has 0 spiro atoms. The smallest absolute Gasteiger partial charge is 0.316 e. The maximum absolute atomic E-state index is 11.9. The van der Waals surface area contributed by atoms with Crippen LogP contribution in [0.3, 0.4) is 0 Å². The molecule has 1 aliphatic rings. The number of rotatable bonds is 5. The minimum Gasteiger partial charge on any atom is -0.481 e. The van der Waals surface area contributed by atoms with E-state index in [4.69, 9.17) is 5.11 Å². The lowest BCUT2D eigenvalue weighted by Crippen LogP contribution is -2.39. The van der Waals surface area contributed by atoms with Crippen molar-refractivity contribution >= 4 is 11.9 Å². The van der Waals surface area contributed by atoms with Gasteiger partial charge in [0, 0.05) is 13.6 Å². The van der Waals surface area contributed by atoms with Crippen LogP contribution in [-0.4, -0.2) is 35.5 Å². The van der Waals surface area contributed by atoms with Crippen molar-refractivity contribution in [1.29, 1.82) is 0 Å². The summed E-state index contributed by atoms with van der Waals surface area (Å²) in [6, 6.07) is 0. The molecule has 4 heteroatoms. The third kappa shape index (κ3) is 4.02. The van der Waals surface area contributed by atoms with E-state index in [1.807, 2.05) is 0 Å². The first-order valence-corrected chi connectivity index (χ1v) is 6.54. The summed E-state index contributed by atoms with van der Waals surface area (Å²) >= 11 is 0. The highest BCUT2D eigenvalue weighted by atomic mass is 16.4. The number of carboxylic acids is 1. The Morgan fingerprint density at radius 3 is 2.35 bits per heavy atom. The molecule has 0 aromatic heterocycles. The van der Waals surface area contributed by atoms with E-state index in [0.29, 0.717) is 18.9 Å². The average molecular weight is 241 g/mol. The standard InChI is InChI=1S/C13H23NO3/c1-3-11(13(16)17)12(15)14(2)9-10-7-5-4-6-8-10/h10-11H,3-9H2,1-2H3,(H,16,17). The van der Waals surface area contributed by atoms with Crippen molar-refractivity contribution < 1.29 is 14.7 Å². The van der Waals surface area contributed by atoms with Crippen molar-refractivity contribution in [3.8, 4) is 0 Å². The fourth-order valence-electron chi connectivity index (χ4n) is 2.57. The normalized spacial score (nSPS) is 18.7. The molecule has 1 amide bonds. The first-order valence-electron chi connectivity index (χ1n) is 6.54. The van der Waals surface area contributed by atoms with Gasteiger partial charge < -0.3 is 10.0 Å². The largest absolute Gasteiger partial charge is 0.481 e. The van der Waals surface area contributed by atoms with Gasteiger partial charge in [0.25, 0.3) is 0 Å². The fraction of sp³-hybridized carbons (Fsp3) is 0.846. The summed E-state index contributed by atoms with van der Waals surface area (Å²) in [5.41, 5.74) is 0. The lowest BCUT2D eigenvalue weighted by atomic mass is 9.89. The van der Waals surface area contributed by atoms with Crippen molar-refractivity contribution in [3.63, 3.8) is 0 Å². The molecule has 0 aliphatic heterocycles. The quantitative estimate of drug-likeness (QED) is 0.750. The van der Waals surface area contributed by atoms with Crippen molar-refractivity contribution in [2.75, 3.05) is 13.6 Å². The van der Waals surface area contributed by atoms with Gasteiger partial charge in [-0.1, -0.05) is 26.2 Å². The number of carbonyl (C=O) groups is 2. The van der Waals surface area contributed by atoms with Crippen LogP contribution in [0.2, 0.25) is 0 Å². The zero-order valence-corrected chi connectivity index (χ0v) is 10.8. The van der Waals surface area contributed by atoms with E-state index >= 15 is 0 Å². The second-order valence-corrected chi connectivity index (χ2v) is 5.02. The number of aliphatic carboxylic acids is 1. The van der Waals surface area contributed by atoms with Crippen LogP contribution in [0.4, 0.5) is 0 Å². The molecule has 1 saturated carbocycles. The highest BCUT2D eigenvalue weighted by Gasteiger charge is 2.28. The molecule has 1 unspecified atom stereocenters. The summed E-state index contributed by atoms with van der Waals surface area (Å²) in [6.45, 7) is 2.45. The van der Waals surface area contributed by atoms with Gasteiger partial charge in [-0.05, 0) is 25.2 Å². The maximum Gasteiger partial charge on any atom is 0.316 e. The minimum absolute atomic E-state index is 0.245. The molecule has 1 rings (SSSR count). The predicted octanol–water partition coefficient (Wildman–Crippen LogP) is 2.14. The molecule has 17 heavy (non-hydrogen) atoms. The van der Waals surface area contributed by atoms with Gasteiger partial charge in [-0.15, -0.1) is 0 Å². The van der Waals surface area contributed by atoms with Crippen LogP contribution in [-0.2, 0) is 9.59 Å². The average Bonchev–Trinajstić information content (AvgIpc) is 2.30. The molecule has 1 N–H and O–H groups in total. The van der Waals surface area contributed by atoms with Gasteiger partial charge in [-0.3, -0.25) is 9.59 Å². The van der Waals surface area contributed by atoms with Gasteiger partial charge in [0.1, 0.15) is 5.92 Å². The van der Waals surface area contributed by atoms with Crippen LogP contribution in [0, 0.1) is 11.8 Å². The lowest BCUT2D eigenvalue weighted by molar-refractivity contribution is -0.151. The SMILES string of the molecule is CCC(C(=O)O)C(=O)N(C)CC1CCCCC1. The van der Waals surface area contributed by atoms with Crippen LogP contribution in [0.15, 0.2) is 0 Å². The fourth-order valence-corrected chi connectivity index (χ4v) is 2.57. The Bertz CT molecular complexity index is 272. The first-order chi connectivity index (χ1) is 8.06. The van der Waals surface area contributed by atoms with Crippen molar-refractivity contribution in [2.45, 2.75) is 45.4 Å². The van der Waals surface area contributed by atoms with Gasteiger partial charge in [0.15, 0.2) is 0 Å². The number of amides is 1. The van der Waals surface area contributed by atoms with Crippen LogP contribution in [0.1, 0.15) is 45.4 Å². The van der Waals surface area contributed by atoms with E-state index in [-0.39, 0.29) is 5.91 Å². The van der Waals surface area contributed by atoms with Gasteiger partial charge >= 0.3 is 5.97 Å². The lowest BCUT2D eigenvalue weighted by Gasteiger charge is -2.28. The van der Waals surface area contributed by atoms with Crippen LogP contribution < -0.4 is 0 Å². The van der Waals surface area contributed by atoms with Crippen molar-refractivity contribution in [2.24, 2.45) is 11.8 Å². The number of nitrogens with zero attached hydrogens (tertiary/aromatic N) is 1. The Labute approximate surface area is 103 Å². The van der Waals surface area contributed by atoms with Crippen molar-refractivity contribution in [1.82, 2.24) is 4.90 Å².